The molecule has 4 rings (SSSR count). The second kappa shape index (κ2) is 3.77. The second-order valence-electron chi connectivity index (χ2n) is 4.30. The van der Waals surface area contributed by atoms with E-state index in [9.17, 15) is 4.79 Å². The second-order valence-corrected chi connectivity index (χ2v) is 4.30. The van der Waals surface area contributed by atoms with Crippen molar-refractivity contribution in [2.75, 3.05) is 7.11 Å². The third-order valence-electron chi connectivity index (χ3n) is 3.20. The van der Waals surface area contributed by atoms with Crippen molar-refractivity contribution in [3.05, 3.63) is 42.4 Å². The number of methoxy groups -OCH3 is 1. The van der Waals surface area contributed by atoms with E-state index in [4.69, 9.17) is 4.74 Å². The van der Waals surface area contributed by atoms with Crippen LogP contribution in [-0.2, 0) is 4.74 Å². The van der Waals surface area contributed by atoms with Gasteiger partial charge >= 0.3 is 5.97 Å². The fourth-order valence-electron chi connectivity index (χ4n) is 2.35. The summed E-state index contributed by atoms with van der Waals surface area (Å²) in [6.07, 6.45) is 5.06. The highest BCUT2D eigenvalue weighted by Crippen LogP contribution is 2.17. The van der Waals surface area contributed by atoms with Crippen LogP contribution in [0, 0.1) is 0 Å². The van der Waals surface area contributed by atoms with Crippen LogP contribution in [0.15, 0.2) is 36.8 Å². The molecular formula is C13H9N5O2. The van der Waals surface area contributed by atoms with E-state index < -0.39 is 5.97 Å². The van der Waals surface area contributed by atoms with E-state index in [1.807, 2.05) is 18.3 Å². The summed E-state index contributed by atoms with van der Waals surface area (Å²) in [5.74, 6) is -0.399. The molecule has 0 aliphatic heterocycles. The average molecular weight is 267 g/mol. The molecule has 3 heterocycles. The van der Waals surface area contributed by atoms with Crippen molar-refractivity contribution in [3.63, 3.8) is 0 Å². The molecule has 0 unspecified atom stereocenters. The number of carbonyl (C=O) groups excluding carboxylic acids is 1. The molecule has 7 nitrogen and oxygen atoms in total. The van der Waals surface area contributed by atoms with Gasteiger partial charge in [-0.3, -0.25) is 0 Å². The Balaban J connectivity index is 2.21. The number of fused-ring (bicyclic) bond motifs is 5. The zero-order chi connectivity index (χ0) is 13.7. The molecule has 98 valence electrons. The predicted molar refractivity (Wildman–Crippen MR) is 68.3 cm³/mol. The maximum atomic E-state index is 11.9. The number of nitrogens with zero attached hydrogens (tertiary/aromatic N) is 5. The Morgan fingerprint density at radius 1 is 1.35 bits per heavy atom. The van der Waals surface area contributed by atoms with E-state index in [0.717, 1.165) is 5.39 Å². The molecule has 0 radical (unpaired) electrons. The highest BCUT2D eigenvalue weighted by Gasteiger charge is 2.21. The van der Waals surface area contributed by atoms with Crippen molar-refractivity contribution in [2.24, 2.45) is 0 Å². The Bertz CT molecular complexity index is 969. The minimum absolute atomic E-state index is 0.399. The SMILES string of the molecule is COC(=O)c1cccc2cn3c4nccnc4[n-][n+]3c12. The molecule has 0 N–H and O–H groups in total. The van der Waals surface area contributed by atoms with E-state index in [2.05, 4.69) is 15.1 Å². The van der Waals surface area contributed by atoms with Crippen LogP contribution in [0.5, 0.6) is 0 Å². The van der Waals surface area contributed by atoms with E-state index in [1.54, 1.807) is 27.6 Å². The Morgan fingerprint density at radius 2 is 2.20 bits per heavy atom. The first-order valence-corrected chi connectivity index (χ1v) is 5.98. The van der Waals surface area contributed by atoms with Crippen LogP contribution >= 0.6 is 0 Å². The monoisotopic (exact) mass is 267 g/mol. The fraction of sp³-hybridized carbons (Fsp3) is 0.0769. The highest BCUT2D eigenvalue weighted by molar-refractivity contribution is 6.01. The molecule has 4 aromatic rings. The first-order chi connectivity index (χ1) is 9.79. The molecule has 0 spiro atoms. The molecule has 1 aromatic carbocycles. The van der Waals surface area contributed by atoms with Gasteiger partial charge < -0.3 is 9.72 Å². The minimum Gasteiger partial charge on any atom is -0.465 e. The van der Waals surface area contributed by atoms with E-state index in [-0.39, 0.29) is 0 Å². The number of aromatic nitrogens is 5. The van der Waals surface area contributed by atoms with Crippen molar-refractivity contribution in [2.45, 2.75) is 0 Å². The van der Waals surface area contributed by atoms with E-state index in [1.165, 1.54) is 7.11 Å². The van der Waals surface area contributed by atoms with Crippen LogP contribution in [0.4, 0.5) is 0 Å². The summed E-state index contributed by atoms with van der Waals surface area (Å²) in [5, 5.41) is 5.26. The maximum absolute atomic E-state index is 11.9. The van der Waals surface area contributed by atoms with Gasteiger partial charge in [-0.2, -0.15) is 4.52 Å². The topological polar surface area (TPSA) is 74.7 Å². The van der Waals surface area contributed by atoms with Crippen molar-refractivity contribution >= 4 is 28.2 Å². The predicted octanol–water partition coefficient (Wildman–Crippen LogP) is 0.365. The van der Waals surface area contributed by atoms with Crippen LogP contribution in [0.1, 0.15) is 10.4 Å². The zero-order valence-electron chi connectivity index (χ0n) is 10.5. The number of esters is 1. The number of hydrogen-bond acceptors (Lipinski definition) is 4. The fourth-order valence-corrected chi connectivity index (χ4v) is 2.35. The van der Waals surface area contributed by atoms with Gasteiger partial charge in [0.15, 0.2) is 5.65 Å². The van der Waals surface area contributed by atoms with Gasteiger partial charge in [-0.05, 0) is 18.3 Å². The number of carbonyl (C=O) groups is 1. The van der Waals surface area contributed by atoms with Gasteiger partial charge in [-0.15, -0.1) is 5.10 Å². The molecule has 0 bridgehead atoms. The first kappa shape index (κ1) is 10.9. The van der Waals surface area contributed by atoms with Crippen LogP contribution in [-0.4, -0.2) is 27.6 Å². The smallest absolute Gasteiger partial charge is 0.344 e. The molecule has 20 heavy (non-hydrogen) atoms. The van der Waals surface area contributed by atoms with Gasteiger partial charge in [-0.25, -0.2) is 9.78 Å². The number of rotatable bonds is 1. The average Bonchev–Trinajstić information content (AvgIpc) is 3.02. The summed E-state index contributed by atoms with van der Waals surface area (Å²) < 4.78 is 8.20. The summed E-state index contributed by atoms with van der Waals surface area (Å²) in [6.45, 7) is 0. The molecule has 0 amide bonds. The minimum atomic E-state index is -0.399. The van der Waals surface area contributed by atoms with Crippen LogP contribution in [0.25, 0.3) is 22.2 Å². The summed E-state index contributed by atoms with van der Waals surface area (Å²) in [6, 6.07) is 5.43. The van der Waals surface area contributed by atoms with Crippen molar-refractivity contribution in [3.8, 4) is 0 Å². The maximum Gasteiger partial charge on any atom is 0.344 e. The van der Waals surface area contributed by atoms with E-state index >= 15 is 0 Å². The number of para-hydroxylation sites is 1. The highest BCUT2D eigenvalue weighted by atomic mass is 16.5. The molecule has 0 aliphatic rings. The van der Waals surface area contributed by atoms with Crippen molar-refractivity contribution in [1.29, 1.82) is 0 Å². The van der Waals surface area contributed by atoms with Crippen LogP contribution < -0.4 is 9.73 Å². The molecule has 3 aromatic heterocycles. The van der Waals surface area contributed by atoms with Crippen LogP contribution in [0.3, 0.4) is 0 Å². The Hall–Kier alpha value is -2.96. The lowest BCUT2D eigenvalue weighted by molar-refractivity contribution is -0.650. The summed E-state index contributed by atoms with van der Waals surface area (Å²) in [7, 11) is 1.36. The molecule has 0 aliphatic carbocycles. The Labute approximate surface area is 112 Å². The Kier molecular flexibility index (Phi) is 2.06. The van der Waals surface area contributed by atoms with Crippen molar-refractivity contribution in [1.82, 2.24) is 19.6 Å². The molecule has 0 saturated carbocycles. The van der Waals surface area contributed by atoms with Gasteiger partial charge in [0.25, 0.3) is 5.52 Å². The summed E-state index contributed by atoms with van der Waals surface area (Å²) >= 11 is 0. The van der Waals surface area contributed by atoms with Gasteiger partial charge in [0.05, 0.1) is 12.5 Å². The number of ether oxygens (including phenoxy) is 1. The largest absolute Gasteiger partial charge is 0.465 e. The van der Waals surface area contributed by atoms with Gasteiger partial charge in [0, 0.05) is 12.4 Å². The van der Waals surface area contributed by atoms with Gasteiger partial charge in [0.1, 0.15) is 11.2 Å². The number of benzene rings is 1. The normalized spacial score (nSPS) is 11.4. The molecule has 7 heteroatoms. The lowest BCUT2D eigenvalue weighted by Crippen LogP contribution is -2.31. The zero-order valence-corrected chi connectivity index (χ0v) is 10.5. The molecule has 0 atom stereocenters. The third-order valence-corrected chi connectivity index (χ3v) is 3.20. The molecular weight excluding hydrogens is 258 g/mol. The first-order valence-electron chi connectivity index (χ1n) is 5.98. The third kappa shape index (κ3) is 1.28. The molecule has 0 fully saturated rings. The Morgan fingerprint density at radius 3 is 3.05 bits per heavy atom. The van der Waals surface area contributed by atoms with Gasteiger partial charge in [-0.1, -0.05) is 10.7 Å². The van der Waals surface area contributed by atoms with Crippen LogP contribution in [0.2, 0.25) is 0 Å². The standard InChI is InChI=1S/C13H9N5O2/c1-20-13(19)9-4-2-3-8-7-17-12-11(14-5-6-15-12)16-18(17)10(8)9/h2-7H,1H3. The van der Waals surface area contributed by atoms with Crippen molar-refractivity contribution < 1.29 is 14.2 Å². The molecule has 0 saturated heterocycles. The lowest BCUT2D eigenvalue weighted by Gasteiger charge is -1.96. The lowest BCUT2D eigenvalue weighted by atomic mass is 10.1. The number of hydrogen-bond donors (Lipinski definition) is 0. The van der Waals surface area contributed by atoms with E-state index in [0.29, 0.717) is 22.4 Å². The summed E-state index contributed by atoms with van der Waals surface area (Å²) in [5.41, 5.74) is 2.30. The van der Waals surface area contributed by atoms with Gasteiger partial charge in [0.2, 0.25) is 0 Å². The quantitative estimate of drug-likeness (QED) is 0.368. The summed E-state index contributed by atoms with van der Waals surface area (Å²) in [4.78, 5) is 20.3.